The van der Waals surface area contributed by atoms with Gasteiger partial charge in [-0.3, -0.25) is 4.79 Å². The van der Waals surface area contributed by atoms with Gasteiger partial charge in [0.1, 0.15) is 17.4 Å². The molecule has 230 valence electrons. The van der Waals surface area contributed by atoms with Crippen LogP contribution in [0.1, 0.15) is 34.8 Å². The predicted octanol–water partition coefficient (Wildman–Crippen LogP) is 7.25. The van der Waals surface area contributed by atoms with E-state index in [0.717, 1.165) is 28.2 Å². The van der Waals surface area contributed by atoms with Crippen molar-refractivity contribution in [2.75, 3.05) is 13.2 Å². The molecule has 9 nitrogen and oxygen atoms in total. The summed E-state index contributed by atoms with van der Waals surface area (Å²) in [5.74, 6) is -1.18. The lowest BCUT2D eigenvalue weighted by Gasteiger charge is -2.31. The molecule has 12 heteroatoms. The summed E-state index contributed by atoms with van der Waals surface area (Å²) < 4.78 is 41.4. The highest BCUT2D eigenvalue weighted by atomic mass is 79.9. The fourth-order valence-electron chi connectivity index (χ4n) is 5.03. The minimum absolute atomic E-state index is 0.00973. The van der Waals surface area contributed by atoms with Gasteiger partial charge in [0.25, 0.3) is 5.91 Å². The normalized spacial score (nSPS) is 17.2. The number of aliphatic hydroxyl groups is 1. The first-order chi connectivity index (χ1) is 21.8. The molecule has 0 saturated carbocycles. The fourth-order valence-corrected chi connectivity index (χ4v) is 5.29. The van der Waals surface area contributed by atoms with Gasteiger partial charge in [-0.2, -0.15) is 0 Å². The third-order valence-electron chi connectivity index (χ3n) is 7.24. The molecule has 0 unspecified atom stereocenters. The summed E-state index contributed by atoms with van der Waals surface area (Å²) in [6.45, 7) is 0.0453. The molecule has 0 spiro atoms. The summed E-state index contributed by atoms with van der Waals surface area (Å²) in [7, 11) is 0. The SMILES string of the molecule is [N-]=[N+]=Nc1ccccc1[C@H]1OC(c2ccc(OCCCO)cc2)=N[C@@]1(Cc1ccc(Br)cc1)C(=O)NCc1cc(F)ccc1F. The quantitative estimate of drug-likeness (QED) is 0.0709. The van der Waals surface area contributed by atoms with E-state index in [1.165, 1.54) is 0 Å². The molecular formula is C33H28BrF2N5O4. The van der Waals surface area contributed by atoms with Crippen LogP contribution < -0.4 is 10.1 Å². The number of ether oxygens (including phenoxy) is 2. The maximum Gasteiger partial charge on any atom is 0.252 e. The lowest BCUT2D eigenvalue weighted by molar-refractivity contribution is -0.129. The van der Waals surface area contributed by atoms with Crippen molar-refractivity contribution < 1.29 is 28.2 Å². The Balaban J connectivity index is 1.61. The Morgan fingerprint density at radius 1 is 1.09 bits per heavy atom. The molecule has 0 fully saturated rings. The third kappa shape index (κ3) is 7.31. The Morgan fingerprint density at radius 3 is 2.58 bits per heavy atom. The van der Waals surface area contributed by atoms with Crippen LogP contribution in [0.5, 0.6) is 5.75 Å². The number of nitrogens with zero attached hydrogens (tertiary/aromatic N) is 4. The molecule has 4 aromatic carbocycles. The molecule has 5 rings (SSSR count). The van der Waals surface area contributed by atoms with E-state index < -0.39 is 29.2 Å². The summed E-state index contributed by atoms with van der Waals surface area (Å²) in [5.41, 5.74) is 9.56. The van der Waals surface area contributed by atoms with Crippen molar-refractivity contribution in [1.82, 2.24) is 5.32 Å². The minimum atomic E-state index is -1.66. The number of rotatable bonds is 12. The Morgan fingerprint density at radius 2 is 1.84 bits per heavy atom. The van der Waals surface area contributed by atoms with Crippen LogP contribution in [-0.2, 0) is 22.5 Å². The summed E-state index contributed by atoms with van der Waals surface area (Å²) >= 11 is 3.44. The number of carbonyl (C=O) groups excluding carboxylic acids is 1. The molecule has 0 bridgehead atoms. The molecule has 2 N–H and O–H groups in total. The summed E-state index contributed by atoms with van der Waals surface area (Å²) in [4.78, 5) is 22.2. The van der Waals surface area contributed by atoms with Gasteiger partial charge in [-0.05, 0) is 65.7 Å². The minimum Gasteiger partial charge on any atom is -0.494 e. The molecule has 0 aromatic heterocycles. The number of aliphatic hydroxyl groups excluding tert-OH is 1. The predicted molar refractivity (Wildman–Crippen MR) is 168 cm³/mol. The van der Waals surface area contributed by atoms with Crippen molar-refractivity contribution in [2.45, 2.75) is 31.0 Å². The van der Waals surface area contributed by atoms with Crippen molar-refractivity contribution >= 4 is 33.4 Å². The van der Waals surface area contributed by atoms with Gasteiger partial charge in [-0.1, -0.05) is 57.4 Å². The first kappa shape index (κ1) is 31.6. The summed E-state index contributed by atoms with van der Waals surface area (Å²) in [5, 5.41) is 15.6. The lowest BCUT2D eigenvalue weighted by Crippen LogP contribution is -2.49. The number of benzene rings is 4. The van der Waals surface area contributed by atoms with Gasteiger partial charge in [0.05, 0.1) is 6.61 Å². The van der Waals surface area contributed by atoms with Crippen LogP contribution >= 0.6 is 15.9 Å². The largest absolute Gasteiger partial charge is 0.494 e. The first-order valence-corrected chi connectivity index (χ1v) is 14.8. The number of amides is 1. The Labute approximate surface area is 266 Å². The molecule has 0 aliphatic carbocycles. The smallest absolute Gasteiger partial charge is 0.252 e. The molecule has 2 atom stereocenters. The van der Waals surface area contributed by atoms with E-state index in [4.69, 9.17) is 19.6 Å². The number of nitrogens with one attached hydrogen (secondary N) is 1. The van der Waals surface area contributed by atoms with Gasteiger partial charge in [-0.25, -0.2) is 13.8 Å². The standard InChI is InChI=1S/C33H28BrF2N5O4/c34-24-10-6-21(7-11-24)19-33(32(43)38-20-23-18-25(35)12-15-28(23)36)30(27-4-1-2-5-29(27)40-41-37)45-31(39-33)22-8-13-26(14-9-22)44-17-3-16-42/h1-2,4-15,18,30,42H,3,16-17,19-20H2,(H,38,43)/t30-,33-/m1/s1. The van der Waals surface area contributed by atoms with E-state index in [-0.39, 0.29) is 36.7 Å². The fraction of sp³-hybridized carbons (Fsp3) is 0.212. The molecule has 1 aliphatic rings. The van der Waals surface area contributed by atoms with Crippen molar-refractivity contribution in [3.8, 4) is 5.75 Å². The number of azide groups is 1. The van der Waals surface area contributed by atoms with Crippen molar-refractivity contribution in [2.24, 2.45) is 10.1 Å². The van der Waals surface area contributed by atoms with E-state index in [0.29, 0.717) is 29.9 Å². The molecule has 4 aromatic rings. The number of halogens is 3. The van der Waals surface area contributed by atoms with Crippen LogP contribution in [-0.4, -0.2) is 35.7 Å². The number of aliphatic imine (C=N–C) groups is 1. The Bertz CT molecular complexity index is 1750. The summed E-state index contributed by atoms with van der Waals surface area (Å²) in [6, 6.07) is 24.0. The zero-order valence-corrected chi connectivity index (χ0v) is 25.5. The van der Waals surface area contributed by atoms with E-state index in [1.807, 2.05) is 24.3 Å². The molecule has 45 heavy (non-hydrogen) atoms. The van der Waals surface area contributed by atoms with E-state index in [2.05, 4.69) is 31.3 Å². The maximum absolute atomic E-state index is 14.5. The second-order valence-corrected chi connectivity index (χ2v) is 11.2. The molecule has 1 heterocycles. The van der Waals surface area contributed by atoms with Crippen LogP contribution in [0.2, 0.25) is 0 Å². The van der Waals surface area contributed by atoms with Gasteiger partial charge >= 0.3 is 0 Å². The molecule has 0 radical (unpaired) electrons. The second kappa shape index (κ2) is 14.3. The maximum atomic E-state index is 14.5. The Kier molecular flexibility index (Phi) is 10.1. The number of hydrogen-bond donors (Lipinski definition) is 2. The van der Waals surface area contributed by atoms with E-state index in [9.17, 15) is 19.1 Å². The third-order valence-corrected chi connectivity index (χ3v) is 7.76. The van der Waals surface area contributed by atoms with Crippen LogP contribution in [0.25, 0.3) is 10.4 Å². The average Bonchev–Trinajstić information content (AvgIpc) is 3.43. The number of carbonyl (C=O) groups is 1. The van der Waals surface area contributed by atoms with Crippen LogP contribution in [0, 0.1) is 11.6 Å². The second-order valence-electron chi connectivity index (χ2n) is 10.3. The van der Waals surface area contributed by atoms with Crippen molar-refractivity contribution in [1.29, 1.82) is 0 Å². The van der Waals surface area contributed by atoms with Crippen LogP contribution in [0.4, 0.5) is 14.5 Å². The van der Waals surface area contributed by atoms with Gasteiger partial charge in [-0.15, -0.1) is 0 Å². The molecular weight excluding hydrogens is 648 g/mol. The van der Waals surface area contributed by atoms with Gasteiger partial charge in [0, 0.05) is 57.8 Å². The zero-order chi connectivity index (χ0) is 31.8. The first-order valence-electron chi connectivity index (χ1n) is 14.0. The van der Waals surface area contributed by atoms with Gasteiger partial charge in [0.15, 0.2) is 11.6 Å². The highest BCUT2D eigenvalue weighted by molar-refractivity contribution is 9.10. The highest BCUT2D eigenvalue weighted by Gasteiger charge is 2.53. The van der Waals surface area contributed by atoms with Gasteiger partial charge in [0.2, 0.25) is 5.90 Å². The van der Waals surface area contributed by atoms with Gasteiger partial charge < -0.3 is 19.9 Å². The van der Waals surface area contributed by atoms with E-state index >= 15 is 0 Å². The van der Waals surface area contributed by atoms with Crippen molar-refractivity contribution in [3.63, 3.8) is 0 Å². The van der Waals surface area contributed by atoms with E-state index in [1.54, 1.807) is 48.5 Å². The molecule has 1 amide bonds. The monoisotopic (exact) mass is 675 g/mol. The topological polar surface area (TPSA) is 129 Å². The number of hydrogen-bond acceptors (Lipinski definition) is 6. The van der Waals surface area contributed by atoms with Crippen LogP contribution in [0.15, 0.2) is 106 Å². The lowest BCUT2D eigenvalue weighted by atomic mass is 9.81. The van der Waals surface area contributed by atoms with Crippen LogP contribution in [0.3, 0.4) is 0 Å². The average molecular weight is 677 g/mol. The molecule has 0 saturated heterocycles. The Hall–Kier alpha value is -4.77. The molecule has 1 aliphatic heterocycles. The summed E-state index contributed by atoms with van der Waals surface area (Å²) in [6.07, 6.45) is -0.536. The highest BCUT2D eigenvalue weighted by Crippen LogP contribution is 2.45. The zero-order valence-electron chi connectivity index (χ0n) is 23.9. The van der Waals surface area contributed by atoms with Crippen molar-refractivity contribution in [3.05, 3.63) is 140 Å².